The minimum Gasteiger partial charge on any atom is -0.491 e. The van der Waals surface area contributed by atoms with Crippen molar-refractivity contribution in [1.29, 1.82) is 0 Å². The number of hydrogen-bond donors (Lipinski definition) is 0. The summed E-state index contributed by atoms with van der Waals surface area (Å²) >= 11 is 0. The maximum Gasteiger partial charge on any atom is 0.261 e. The summed E-state index contributed by atoms with van der Waals surface area (Å²) in [5.74, 6) is 0.743. The van der Waals surface area contributed by atoms with Crippen LogP contribution in [0, 0.1) is 0 Å². The molecule has 1 atom stereocenters. The van der Waals surface area contributed by atoms with Crippen LogP contribution in [0.25, 0.3) is 0 Å². The van der Waals surface area contributed by atoms with Crippen molar-refractivity contribution < 1.29 is 14.3 Å². The van der Waals surface area contributed by atoms with Crippen molar-refractivity contribution in [2.24, 2.45) is 0 Å². The second kappa shape index (κ2) is 6.87. The number of ether oxygens (including phenoxy) is 1. The van der Waals surface area contributed by atoms with Crippen molar-refractivity contribution in [3.8, 4) is 5.75 Å². The van der Waals surface area contributed by atoms with Crippen LogP contribution in [0.3, 0.4) is 0 Å². The molecule has 124 valence electrons. The molecule has 4 nitrogen and oxygen atoms in total. The third-order valence-electron chi connectivity index (χ3n) is 4.51. The number of fused-ring (bicyclic) bond motifs is 1. The van der Waals surface area contributed by atoms with Gasteiger partial charge in [-0.2, -0.15) is 0 Å². The zero-order valence-electron chi connectivity index (χ0n) is 14.0. The Balaban J connectivity index is 1.66. The number of rotatable bonds is 6. The Bertz CT molecular complexity index is 734. The van der Waals surface area contributed by atoms with Gasteiger partial charge in [-0.05, 0) is 36.1 Å². The molecule has 0 fully saturated rings. The molecule has 0 spiro atoms. The van der Waals surface area contributed by atoms with Crippen LogP contribution >= 0.6 is 0 Å². The monoisotopic (exact) mass is 323 g/mol. The van der Waals surface area contributed by atoms with Crippen molar-refractivity contribution in [3.05, 3.63) is 65.2 Å². The number of hydrogen-bond acceptors (Lipinski definition) is 3. The third-order valence-corrected chi connectivity index (χ3v) is 4.51. The molecular weight excluding hydrogens is 302 g/mol. The fourth-order valence-electron chi connectivity index (χ4n) is 2.93. The molecule has 1 aliphatic heterocycles. The summed E-state index contributed by atoms with van der Waals surface area (Å²) in [6.07, 6.45) is 1.03. The van der Waals surface area contributed by atoms with E-state index < -0.39 is 0 Å². The molecule has 4 heteroatoms. The maximum atomic E-state index is 12.3. The van der Waals surface area contributed by atoms with Crippen LogP contribution in [0.5, 0.6) is 5.75 Å². The van der Waals surface area contributed by atoms with E-state index in [2.05, 4.69) is 19.9 Å². The van der Waals surface area contributed by atoms with Gasteiger partial charge in [0.2, 0.25) is 0 Å². The van der Waals surface area contributed by atoms with Crippen molar-refractivity contribution in [2.75, 3.05) is 13.2 Å². The van der Waals surface area contributed by atoms with E-state index in [0.717, 1.165) is 17.7 Å². The molecule has 0 saturated carbocycles. The van der Waals surface area contributed by atoms with Crippen molar-refractivity contribution in [2.45, 2.75) is 26.2 Å². The Morgan fingerprint density at radius 2 is 1.54 bits per heavy atom. The summed E-state index contributed by atoms with van der Waals surface area (Å²) in [5, 5.41) is 0. The third kappa shape index (κ3) is 2.92. The second-order valence-electron chi connectivity index (χ2n) is 6.00. The standard InChI is InChI=1S/C20H21NO3/c1-3-14(2)15-8-6-7-11-18(15)24-13-12-21-19(22)16-9-4-5-10-17(16)20(21)23/h4-11,14H,3,12-13H2,1-2H3. The molecule has 1 unspecified atom stereocenters. The minimum absolute atomic E-state index is 0.241. The Kier molecular flexibility index (Phi) is 4.65. The molecule has 24 heavy (non-hydrogen) atoms. The van der Waals surface area contributed by atoms with E-state index in [-0.39, 0.29) is 18.4 Å². The largest absolute Gasteiger partial charge is 0.491 e. The topological polar surface area (TPSA) is 46.6 Å². The van der Waals surface area contributed by atoms with Crippen LogP contribution < -0.4 is 4.74 Å². The summed E-state index contributed by atoms with van der Waals surface area (Å²) in [5.41, 5.74) is 2.10. The lowest BCUT2D eigenvalue weighted by Crippen LogP contribution is -2.33. The van der Waals surface area contributed by atoms with Gasteiger partial charge in [0.05, 0.1) is 17.7 Å². The molecule has 1 aliphatic rings. The number of carbonyl (C=O) groups is 2. The SMILES string of the molecule is CCC(C)c1ccccc1OCCN1C(=O)c2ccccc2C1=O. The van der Waals surface area contributed by atoms with E-state index in [4.69, 9.17) is 4.74 Å². The van der Waals surface area contributed by atoms with Gasteiger partial charge in [-0.25, -0.2) is 0 Å². The van der Waals surface area contributed by atoms with Crippen LogP contribution in [0.4, 0.5) is 0 Å². The normalized spacial score (nSPS) is 14.7. The lowest BCUT2D eigenvalue weighted by molar-refractivity contribution is 0.0631. The van der Waals surface area contributed by atoms with Gasteiger partial charge in [-0.3, -0.25) is 14.5 Å². The van der Waals surface area contributed by atoms with Gasteiger partial charge in [-0.15, -0.1) is 0 Å². The van der Waals surface area contributed by atoms with Crippen LogP contribution in [-0.4, -0.2) is 29.9 Å². The molecule has 2 amide bonds. The number of imide groups is 1. The summed E-state index contributed by atoms with van der Waals surface area (Å²) < 4.78 is 5.87. The first-order chi connectivity index (χ1) is 11.6. The summed E-state index contributed by atoms with van der Waals surface area (Å²) in [6, 6.07) is 14.8. The summed E-state index contributed by atoms with van der Waals surface area (Å²) in [6.45, 7) is 4.84. The summed E-state index contributed by atoms with van der Waals surface area (Å²) in [4.78, 5) is 25.9. The Hall–Kier alpha value is -2.62. The molecule has 0 radical (unpaired) electrons. The number of benzene rings is 2. The lowest BCUT2D eigenvalue weighted by Gasteiger charge is -2.18. The van der Waals surface area contributed by atoms with Gasteiger partial charge in [-0.1, -0.05) is 44.2 Å². The first kappa shape index (κ1) is 16.2. The van der Waals surface area contributed by atoms with Crippen molar-refractivity contribution in [3.63, 3.8) is 0 Å². The molecule has 0 aliphatic carbocycles. The lowest BCUT2D eigenvalue weighted by atomic mass is 9.98. The molecule has 2 aromatic carbocycles. The molecule has 0 N–H and O–H groups in total. The first-order valence-corrected chi connectivity index (χ1v) is 8.30. The molecule has 2 aromatic rings. The zero-order chi connectivity index (χ0) is 17.1. The van der Waals surface area contributed by atoms with Crippen LogP contribution in [0.15, 0.2) is 48.5 Å². The smallest absolute Gasteiger partial charge is 0.261 e. The molecule has 3 rings (SSSR count). The highest BCUT2D eigenvalue weighted by Gasteiger charge is 2.34. The van der Waals surface area contributed by atoms with Gasteiger partial charge < -0.3 is 4.74 Å². The van der Waals surface area contributed by atoms with Gasteiger partial charge >= 0.3 is 0 Å². The molecule has 1 heterocycles. The van der Waals surface area contributed by atoms with Crippen molar-refractivity contribution >= 4 is 11.8 Å². The van der Waals surface area contributed by atoms with Crippen LogP contribution in [0.2, 0.25) is 0 Å². The van der Waals surface area contributed by atoms with Crippen LogP contribution in [0.1, 0.15) is 52.5 Å². The number of para-hydroxylation sites is 1. The van der Waals surface area contributed by atoms with E-state index in [9.17, 15) is 9.59 Å². The van der Waals surface area contributed by atoms with E-state index in [0.29, 0.717) is 23.7 Å². The Morgan fingerprint density at radius 3 is 2.17 bits per heavy atom. The van der Waals surface area contributed by atoms with Gasteiger partial charge in [0.1, 0.15) is 12.4 Å². The van der Waals surface area contributed by atoms with Gasteiger partial charge in [0.15, 0.2) is 0 Å². The number of nitrogens with zero attached hydrogens (tertiary/aromatic N) is 1. The molecule has 0 saturated heterocycles. The molecule has 0 bridgehead atoms. The second-order valence-corrected chi connectivity index (χ2v) is 6.00. The van der Waals surface area contributed by atoms with Gasteiger partial charge in [0, 0.05) is 0 Å². The number of amides is 2. The zero-order valence-corrected chi connectivity index (χ0v) is 14.0. The Morgan fingerprint density at radius 1 is 0.958 bits per heavy atom. The van der Waals surface area contributed by atoms with Crippen molar-refractivity contribution in [1.82, 2.24) is 4.90 Å². The fraction of sp³-hybridized carbons (Fsp3) is 0.300. The highest BCUT2D eigenvalue weighted by Crippen LogP contribution is 2.28. The molecule has 0 aromatic heterocycles. The predicted molar refractivity (Wildman–Crippen MR) is 92.5 cm³/mol. The van der Waals surface area contributed by atoms with Crippen LogP contribution in [-0.2, 0) is 0 Å². The highest BCUT2D eigenvalue weighted by molar-refractivity contribution is 6.21. The molecular formula is C20H21NO3. The first-order valence-electron chi connectivity index (χ1n) is 8.30. The van der Waals surface area contributed by atoms with E-state index >= 15 is 0 Å². The summed E-state index contributed by atoms with van der Waals surface area (Å²) in [7, 11) is 0. The van der Waals surface area contributed by atoms with E-state index in [1.54, 1.807) is 24.3 Å². The average Bonchev–Trinajstić information content (AvgIpc) is 2.86. The minimum atomic E-state index is -0.241. The predicted octanol–water partition coefficient (Wildman–Crippen LogP) is 3.88. The quantitative estimate of drug-likeness (QED) is 0.758. The highest BCUT2D eigenvalue weighted by atomic mass is 16.5. The van der Waals surface area contributed by atoms with E-state index in [1.807, 2.05) is 18.2 Å². The maximum absolute atomic E-state index is 12.3. The number of carbonyl (C=O) groups excluding carboxylic acids is 2. The van der Waals surface area contributed by atoms with E-state index in [1.165, 1.54) is 4.90 Å². The average molecular weight is 323 g/mol. The fourth-order valence-corrected chi connectivity index (χ4v) is 2.93. The Labute approximate surface area is 142 Å². The van der Waals surface area contributed by atoms with Gasteiger partial charge in [0.25, 0.3) is 11.8 Å².